The standard InChI is InChI=1S/C16H14Cl2N2O4S/c1-25(22,23)20-9-15(24-14-7-6-10(17)8-13(14)20)16(21)19-12-5-3-2-4-11(12)18/h2-8,15H,9H2,1H3,(H,19,21). The Morgan fingerprint density at radius 3 is 2.64 bits per heavy atom. The molecule has 0 saturated heterocycles. The lowest BCUT2D eigenvalue weighted by Crippen LogP contribution is -2.48. The van der Waals surface area contributed by atoms with Crippen LogP contribution in [-0.4, -0.2) is 33.2 Å². The molecule has 132 valence electrons. The summed E-state index contributed by atoms with van der Waals surface area (Å²) in [5.74, 6) is -0.234. The quantitative estimate of drug-likeness (QED) is 0.858. The van der Waals surface area contributed by atoms with E-state index < -0.39 is 22.0 Å². The van der Waals surface area contributed by atoms with Crippen molar-refractivity contribution in [1.29, 1.82) is 0 Å². The topological polar surface area (TPSA) is 75.7 Å². The molecule has 2 aromatic carbocycles. The number of benzene rings is 2. The fraction of sp³-hybridized carbons (Fsp3) is 0.188. The lowest BCUT2D eigenvalue weighted by atomic mass is 10.2. The summed E-state index contributed by atoms with van der Waals surface area (Å²) in [4.78, 5) is 12.5. The summed E-state index contributed by atoms with van der Waals surface area (Å²) < 4.78 is 31.0. The van der Waals surface area contributed by atoms with Crippen LogP contribution >= 0.6 is 23.2 Å². The summed E-state index contributed by atoms with van der Waals surface area (Å²) in [7, 11) is -3.61. The third kappa shape index (κ3) is 3.84. The first kappa shape index (κ1) is 17.8. The highest BCUT2D eigenvalue weighted by molar-refractivity contribution is 7.92. The van der Waals surface area contributed by atoms with Gasteiger partial charge < -0.3 is 10.1 Å². The second-order valence-corrected chi connectivity index (χ2v) is 8.23. The average Bonchev–Trinajstić information content (AvgIpc) is 2.55. The van der Waals surface area contributed by atoms with E-state index in [0.717, 1.165) is 10.6 Å². The van der Waals surface area contributed by atoms with Gasteiger partial charge in [0.05, 0.1) is 29.2 Å². The second-order valence-electron chi connectivity index (χ2n) is 5.48. The van der Waals surface area contributed by atoms with Crippen molar-refractivity contribution in [3.05, 3.63) is 52.5 Å². The lowest BCUT2D eigenvalue weighted by molar-refractivity contribution is -0.122. The van der Waals surface area contributed by atoms with Crippen LogP contribution < -0.4 is 14.4 Å². The number of ether oxygens (including phenoxy) is 1. The molecule has 0 saturated carbocycles. The molecule has 1 aliphatic rings. The third-order valence-electron chi connectivity index (χ3n) is 3.62. The number of rotatable bonds is 3. The minimum Gasteiger partial charge on any atom is -0.476 e. The first-order chi connectivity index (χ1) is 11.8. The van der Waals surface area contributed by atoms with Gasteiger partial charge >= 0.3 is 0 Å². The molecule has 2 aromatic rings. The van der Waals surface area contributed by atoms with E-state index >= 15 is 0 Å². The molecule has 6 nitrogen and oxygen atoms in total. The van der Waals surface area contributed by atoms with E-state index in [1.807, 2.05) is 0 Å². The van der Waals surface area contributed by atoms with Gasteiger partial charge in [-0.25, -0.2) is 8.42 Å². The third-order valence-corrected chi connectivity index (χ3v) is 5.33. The number of nitrogens with zero attached hydrogens (tertiary/aromatic N) is 1. The Bertz CT molecular complexity index is 933. The van der Waals surface area contributed by atoms with Crippen LogP contribution in [0, 0.1) is 0 Å². The molecule has 1 heterocycles. The first-order valence-corrected chi connectivity index (χ1v) is 9.85. The molecule has 3 rings (SSSR count). The highest BCUT2D eigenvalue weighted by atomic mass is 35.5. The molecule has 0 fully saturated rings. The minimum absolute atomic E-state index is 0.164. The van der Waals surface area contributed by atoms with Crippen LogP contribution in [0.3, 0.4) is 0 Å². The van der Waals surface area contributed by atoms with Crippen LogP contribution in [0.2, 0.25) is 10.0 Å². The molecule has 0 bridgehead atoms. The zero-order valence-electron chi connectivity index (χ0n) is 13.1. The van der Waals surface area contributed by atoms with Crippen molar-refractivity contribution in [3.8, 4) is 5.75 Å². The number of fused-ring (bicyclic) bond motifs is 1. The smallest absolute Gasteiger partial charge is 0.267 e. The Balaban J connectivity index is 1.90. The Morgan fingerprint density at radius 1 is 1.24 bits per heavy atom. The Kier molecular flexibility index (Phi) is 4.81. The molecule has 1 amide bonds. The number of halogens is 2. The normalized spacial score (nSPS) is 16.8. The molecule has 1 aliphatic heterocycles. The molecule has 1 N–H and O–H groups in total. The number of sulfonamides is 1. The van der Waals surface area contributed by atoms with Crippen molar-refractivity contribution in [2.24, 2.45) is 0 Å². The van der Waals surface area contributed by atoms with Gasteiger partial charge in [0.2, 0.25) is 10.0 Å². The molecule has 0 radical (unpaired) electrons. The van der Waals surface area contributed by atoms with E-state index in [1.54, 1.807) is 30.3 Å². The molecule has 25 heavy (non-hydrogen) atoms. The van der Waals surface area contributed by atoms with Crippen LogP contribution in [0.5, 0.6) is 5.75 Å². The van der Waals surface area contributed by atoms with Crippen LogP contribution in [0.1, 0.15) is 0 Å². The highest BCUT2D eigenvalue weighted by Gasteiger charge is 2.35. The molecular formula is C16H14Cl2N2O4S. The predicted molar refractivity (Wildman–Crippen MR) is 98.1 cm³/mol. The largest absolute Gasteiger partial charge is 0.476 e. The molecule has 1 unspecified atom stereocenters. The highest BCUT2D eigenvalue weighted by Crippen LogP contribution is 2.37. The number of nitrogens with one attached hydrogen (secondary N) is 1. The monoisotopic (exact) mass is 400 g/mol. The van der Waals surface area contributed by atoms with Crippen molar-refractivity contribution >= 4 is 50.5 Å². The molecular weight excluding hydrogens is 387 g/mol. The van der Waals surface area contributed by atoms with E-state index in [2.05, 4.69) is 5.32 Å². The zero-order chi connectivity index (χ0) is 18.2. The van der Waals surface area contributed by atoms with Gasteiger partial charge in [-0.15, -0.1) is 0 Å². The molecule has 0 spiro atoms. The average molecular weight is 401 g/mol. The van der Waals surface area contributed by atoms with E-state index in [9.17, 15) is 13.2 Å². The van der Waals surface area contributed by atoms with E-state index in [-0.39, 0.29) is 12.3 Å². The number of carbonyl (C=O) groups is 1. The van der Waals surface area contributed by atoms with Crippen molar-refractivity contribution in [3.63, 3.8) is 0 Å². The maximum atomic E-state index is 12.5. The SMILES string of the molecule is CS(=O)(=O)N1CC(C(=O)Nc2ccccc2Cl)Oc2ccc(Cl)cc21. The number of hydrogen-bond donors (Lipinski definition) is 1. The van der Waals surface area contributed by atoms with Crippen LogP contribution in [0.4, 0.5) is 11.4 Å². The van der Waals surface area contributed by atoms with Gasteiger partial charge in [0.15, 0.2) is 6.10 Å². The number of para-hydroxylation sites is 1. The summed E-state index contributed by atoms with van der Waals surface area (Å²) in [5, 5.41) is 3.39. The Morgan fingerprint density at radius 2 is 1.96 bits per heavy atom. The van der Waals surface area contributed by atoms with Gasteiger partial charge in [0.1, 0.15) is 5.75 Å². The van der Waals surface area contributed by atoms with Crippen molar-refractivity contribution in [2.75, 3.05) is 22.4 Å². The maximum Gasteiger partial charge on any atom is 0.267 e. The molecule has 9 heteroatoms. The summed E-state index contributed by atoms with van der Waals surface area (Å²) in [5.41, 5.74) is 0.724. The van der Waals surface area contributed by atoms with Crippen LogP contribution in [0.15, 0.2) is 42.5 Å². The molecule has 1 atom stereocenters. The summed E-state index contributed by atoms with van der Waals surface area (Å²) >= 11 is 12.0. The fourth-order valence-corrected chi connectivity index (χ4v) is 3.71. The second kappa shape index (κ2) is 6.74. The summed E-state index contributed by atoms with van der Waals surface area (Å²) in [6.07, 6.45) is 0.0335. The number of hydrogen-bond acceptors (Lipinski definition) is 4. The molecule has 0 aliphatic carbocycles. The van der Waals surface area contributed by atoms with Crippen LogP contribution in [-0.2, 0) is 14.8 Å². The number of carbonyl (C=O) groups excluding carboxylic acids is 1. The van der Waals surface area contributed by atoms with E-state index in [4.69, 9.17) is 27.9 Å². The van der Waals surface area contributed by atoms with E-state index in [0.29, 0.717) is 21.4 Å². The van der Waals surface area contributed by atoms with Crippen molar-refractivity contribution in [2.45, 2.75) is 6.10 Å². The van der Waals surface area contributed by atoms with Gasteiger partial charge in [-0.05, 0) is 30.3 Å². The minimum atomic E-state index is -3.61. The maximum absolute atomic E-state index is 12.5. The lowest BCUT2D eigenvalue weighted by Gasteiger charge is -2.34. The first-order valence-electron chi connectivity index (χ1n) is 7.25. The Hall–Kier alpha value is -1.96. The van der Waals surface area contributed by atoms with Crippen molar-refractivity contribution < 1.29 is 17.9 Å². The molecule has 0 aromatic heterocycles. The van der Waals surface area contributed by atoms with Gasteiger partial charge in [0.25, 0.3) is 5.91 Å². The predicted octanol–water partition coefficient (Wildman–Crippen LogP) is 3.16. The van der Waals surface area contributed by atoms with Gasteiger partial charge in [0, 0.05) is 5.02 Å². The summed E-state index contributed by atoms with van der Waals surface area (Å²) in [6.45, 7) is -0.164. The number of anilines is 2. The fourth-order valence-electron chi connectivity index (χ4n) is 2.45. The number of amides is 1. The van der Waals surface area contributed by atoms with Crippen molar-refractivity contribution in [1.82, 2.24) is 0 Å². The van der Waals surface area contributed by atoms with Crippen LogP contribution in [0.25, 0.3) is 0 Å². The summed E-state index contributed by atoms with van der Waals surface area (Å²) in [6, 6.07) is 11.3. The van der Waals surface area contributed by atoms with Gasteiger partial charge in [-0.2, -0.15) is 0 Å². The van der Waals surface area contributed by atoms with Gasteiger partial charge in [-0.1, -0.05) is 35.3 Å². The van der Waals surface area contributed by atoms with Gasteiger partial charge in [-0.3, -0.25) is 9.10 Å². The Labute approximate surface area is 155 Å². The van der Waals surface area contributed by atoms with E-state index in [1.165, 1.54) is 12.1 Å². The zero-order valence-corrected chi connectivity index (χ0v) is 15.4.